The molecule has 4 aromatic carbocycles. The zero-order valence-electron chi connectivity index (χ0n) is 27.9. The molecule has 0 amide bonds. The molecule has 0 saturated carbocycles. The number of benzene rings is 4. The number of carbonyl (C=O) groups is 2. The number of fused-ring (bicyclic) bond motifs is 2. The number of aromatic nitrogens is 2. The lowest BCUT2D eigenvalue weighted by molar-refractivity contribution is 0.0685. The van der Waals surface area contributed by atoms with Crippen LogP contribution in [0.1, 0.15) is 68.0 Å². The molecule has 2 aliphatic rings. The highest BCUT2D eigenvalue weighted by molar-refractivity contribution is 5.87. The zero-order valence-corrected chi connectivity index (χ0v) is 27.9. The van der Waals surface area contributed by atoms with Crippen LogP contribution in [-0.2, 0) is 12.8 Å². The van der Waals surface area contributed by atoms with Crippen molar-refractivity contribution in [1.82, 2.24) is 9.97 Å². The second-order valence-electron chi connectivity index (χ2n) is 12.2. The average molecular weight is 695 g/mol. The minimum atomic E-state index is -1.01. The van der Waals surface area contributed by atoms with E-state index in [0.29, 0.717) is 23.3 Å². The third-order valence-electron chi connectivity index (χ3n) is 8.71. The molecule has 4 heterocycles. The Morgan fingerprint density at radius 2 is 0.981 bits per heavy atom. The van der Waals surface area contributed by atoms with Gasteiger partial charge in [0.15, 0.2) is 0 Å². The molecule has 260 valence electrons. The Morgan fingerprint density at radius 1 is 0.558 bits per heavy atom. The molecule has 0 saturated heterocycles. The minimum absolute atomic E-state index is 0.0701. The van der Waals surface area contributed by atoms with Crippen LogP contribution < -0.4 is 18.9 Å². The van der Waals surface area contributed by atoms with Crippen molar-refractivity contribution < 1.29 is 38.7 Å². The molecule has 10 heteroatoms. The minimum Gasteiger partial charge on any atom is -0.485 e. The number of hydrogen-bond donors (Lipinski definition) is 2. The summed E-state index contributed by atoms with van der Waals surface area (Å²) in [5, 5.41) is 17.8. The SMILES string of the molecule is O=C(O)c1ccc(Oc2ccc3c(c2)CCC(c2ccccc2)O3)nc1.O=C(O)c1ccc(Oc2ccc3c(c2)CCC(c2ccccc2)O3)nc1. The van der Waals surface area contributed by atoms with E-state index in [4.69, 9.17) is 29.2 Å². The first-order valence-corrected chi connectivity index (χ1v) is 16.8. The summed E-state index contributed by atoms with van der Waals surface area (Å²) >= 11 is 0. The van der Waals surface area contributed by atoms with Gasteiger partial charge in [-0.25, -0.2) is 19.6 Å². The summed E-state index contributed by atoms with van der Waals surface area (Å²) in [5.74, 6) is 1.73. The highest BCUT2D eigenvalue weighted by Gasteiger charge is 2.23. The van der Waals surface area contributed by atoms with Crippen LogP contribution in [-0.4, -0.2) is 32.1 Å². The number of nitrogens with zero attached hydrogens (tertiary/aromatic N) is 2. The van der Waals surface area contributed by atoms with Crippen LogP contribution in [0, 0.1) is 0 Å². The molecule has 0 bridgehead atoms. The van der Waals surface area contributed by atoms with Crippen LogP contribution in [0.25, 0.3) is 0 Å². The van der Waals surface area contributed by atoms with Crippen LogP contribution in [0.5, 0.6) is 34.8 Å². The Bertz CT molecular complexity index is 2000. The van der Waals surface area contributed by atoms with Crippen molar-refractivity contribution in [2.75, 3.05) is 0 Å². The Balaban J connectivity index is 0.000000162. The van der Waals surface area contributed by atoms with Crippen LogP contribution in [0.3, 0.4) is 0 Å². The molecule has 2 aromatic heterocycles. The molecule has 8 rings (SSSR count). The van der Waals surface area contributed by atoms with Gasteiger partial charge in [-0.15, -0.1) is 0 Å². The Labute approximate surface area is 299 Å². The van der Waals surface area contributed by atoms with Gasteiger partial charge in [-0.2, -0.15) is 0 Å². The fourth-order valence-corrected chi connectivity index (χ4v) is 6.04. The topological polar surface area (TPSA) is 137 Å². The predicted octanol–water partition coefficient (Wildman–Crippen LogP) is 9.28. The highest BCUT2D eigenvalue weighted by atomic mass is 16.5. The largest absolute Gasteiger partial charge is 0.485 e. The number of pyridine rings is 2. The normalized spacial score (nSPS) is 15.6. The van der Waals surface area contributed by atoms with Crippen LogP contribution in [0.4, 0.5) is 0 Å². The van der Waals surface area contributed by atoms with Crippen LogP contribution >= 0.6 is 0 Å². The Kier molecular flexibility index (Phi) is 10.1. The van der Waals surface area contributed by atoms with E-state index < -0.39 is 11.9 Å². The monoisotopic (exact) mass is 694 g/mol. The standard InChI is InChI=1S/2C21H17NO4/c2*23-21(24)16-7-11-20(22-13-16)25-17-8-10-19-15(12-17)6-9-18(26-19)14-4-2-1-3-5-14/h2*1-5,7-8,10-13,18H,6,9H2,(H,23,24). The number of rotatable bonds is 8. The summed E-state index contributed by atoms with van der Waals surface area (Å²) < 4.78 is 23.7. The maximum atomic E-state index is 10.9. The van der Waals surface area contributed by atoms with Gasteiger partial charge in [0, 0.05) is 24.5 Å². The summed E-state index contributed by atoms with van der Waals surface area (Å²) in [6.07, 6.45) is 6.32. The highest BCUT2D eigenvalue weighted by Crippen LogP contribution is 2.39. The second-order valence-corrected chi connectivity index (χ2v) is 12.2. The van der Waals surface area contributed by atoms with E-state index in [0.717, 1.165) is 48.3 Å². The van der Waals surface area contributed by atoms with Crippen molar-refractivity contribution in [3.05, 3.63) is 167 Å². The lowest BCUT2D eigenvalue weighted by atomic mass is 9.97. The molecule has 2 N–H and O–H groups in total. The maximum Gasteiger partial charge on any atom is 0.337 e. The molecule has 2 aliphatic heterocycles. The van der Waals surface area contributed by atoms with Crippen LogP contribution in [0.2, 0.25) is 0 Å². The van der Waals surface area contributed by atoms with Crippen molar-refractivity contribution in [2.24, 2.45) is 0 Å². The van der Waals surface area contributed by atoms with E-state index in [1.165, 1.54) is 35.7 Å². The Hall–Kier alpha value is -6.68. The van der Waals surface area contributed by atoms with E-state index in [2.05, 4.69) is 34.2 Å². The zero-order chi connectivity index (χ0) is 35.9. The lowest BCUT2D eigenvalue weighted by Crippen LogP contribution is -2.15. The van der Waals surface area contributed by atoms with Gasteiger partial charge in [-0.3, -0.25) is 0 Å². The van der Waals surface area contributed by atoms with E-state index in [1.807, 2.05) is 72.8 Å². The van der Waals surface area contributed by atoms with Gasteiger partial charge in [0.05, 0.1) is 11.1 Å². The molecule has 10 nitrogen and oxygen atoms in total. The third-order valence-corrected chi connectivity index (χ3v) is 8.71. The molecule has 0 fully saturated rings. The fraction of sp³-hybridized carbons (Fsp3) is 0.143. The third kappa shape index (κ3) is 8.19. The number of carboxylic acid groups (broad SMARTS) is 2. The lowest BCUT2D eigenvalue weighted by Gasteiger charge is -2.26. The van der Waals surface area contributed by atoms with Gasteiger partial charge in [0.1, 0.15) is 35.2 Å². The van der Waals surface area contributed by atoms with E-state index in [1.54, 1.807) is 12.1 Å². The van der Waals surface area contributed by atoms with Gasteiger partial charge in [-0.05, 0) is 96.5 Å². The molecule has 6 aromatic rings. The number of hydrogen-bond acceptors (Lipinski definition) is 8. The van der Waals surface area contributed by atoms with E-state index in [-0.39, 0.29) is 23.3 Å². The second kappa shape index (κ2) is 15.5. The molecular weight excluding hydrogens is 660 g/mol. The summed E-state index contributed by atoms with van der Waals surface area (Å²) in [6.45, 7) is 0. The summed E-state index contributed by atoms with van der Waals surface area (Å²) in [4.78, 5) is 29.8. The first-order chi connectivity index (χ1) is 25.4. The summed E-state index contributed by atoms with van der Waals surface area (Å²) in [7, 11) is 0. The molecule has 0 spiro atoms. The van der Waals surface area contributed by atoms with Gasteiger partial charge < -0.3 is 29.2 Å². The summed E-state index contributed by atoms with van der Waals surface area (Å²) in [6, 6.07) is 37.8. The molecule has 0 aliphatic carbocycles. The summed E-state index contributed by atoms with van der Waals surface area (Å²) in [5.41, 5.74) is 4.81. The molecule has 2 unspecified atom stereocenters. The molecular formula is C42H34N2O8. The first-order valence-electron chi connectivity index (χ1n) is 16.8. The predicted molar refractivity (Wildman–Crippen MR) is 192 cm³/mol. The quantitative estimate of drug-likeness (QED) is 0.159. The van der Waals surface area contributed by atoms with E-state index in [9.17, 15) is 9.59 Å². The van der Waals surface area contributed by atoms with E-state index >= 15 is 0 Å². The van der Waals surface area contributed by atoms with Crippen molar-refractivity contribution in [3.8, 4) is 34.8 Å². The molecule has 52 heavy (non-hydrogen) atoms. The van der Waals surface area contributed by atoms with Gasteiger partial charge >= 0.3 is 11.9 Å². The van der Waals surface area contributed by atoms with Gasteiger partial charge in [0.2, 0.25) is 11.8 Å². The number of ether oxygens (including phenoxy) is 4. The number of carboxylic acids is 2. The number of aromatic carboxylic acids is 2. The smallest absolute Gasteiger partial charge is 0.337 e. The fourth-order valence-electron chi connectivity index (χ4n) is 6.04. The Morgan fingerprint density at radius 3 is 1.35 bits per heavy atom. The van der Waals surface area contributed by atoms with Crippen LogP contribution in [0.15, 0.2) is 134 Å². The van der Waals surface area contributed by atoms with Crippen molar-refractivity contribution in [3.63, 3.8) is 0 Å². The molecule has 0 radical (unpaired) electrons. The van der Waals surface area contributed by atoms with Crippen molar-refractivity contribution in [1.29, 1.82) is 0 Å². The van der Waals surface area contributed by atoms with Gasteiger partial charge in [0.25, 0.3) is 0 Å². The number of aryl methyl sites for hydroxylation is 2. The molecule has 2 atom stereocenters. The van der Waals surface area contributed by atoms with Gasteiger partial charge in [-0.1, -0.05) is 60.7 Å². The average Bonchev–Trinajstić information content (AvgIpc) is 3.19. The van der Waals surface area contributed by atoms with Crippen molar-refractivity contribution >= 4 is 11.9 Å². The van der Waals surface area contributed by atoms with Crippen molar-refractivity contribution in [2.45, 2.75) is 37.9 Å². The first kappa shape index (κ1) is 33.8. The maximum absolute atomic E-state index is 10.9.